The first-order valence-corrected chi connectivity index (χ1v) is 7.35. The van der Waals surface area contributed by atoms with Gasteiger partial charge in [-0.05, 0) is 19.9 Å². The van der Waals surface area contributed by atoms with E-state index in [2.05, 4.69) is 11.9 Å². The summed E-state index contributed by atoms with van der Waals surface area (Å²) in [6.45, 7) is 7.75. The van der Waals surface area contributed by atoms with Gasteiger partial charge in [-0.25, -0.2) is 4.79 Å². The molecule has 0 aliphatic heterocycles. The van der Waals surface area contributed by atoms with Gasteiger partial charge in [0.15, 0.2) is 6.61 Å². The molecule has 8 nitrogen and oxygen atoms in total. The highest BCUT2D eigenvalue weighted by atomic mass is 16.6. The number of hydrogen-bond acceptors (Lipinski definition) is 6. The summed E-state index contributed by atoms with van der Waals surface area (Å²) in [4.78, 5) is 36.0. The van der Waals surface area contributed by atoms with Gasteiger partial charge in [0.25, 0.3) is 11.6 Å². The number of rotatable bonds is 8. The molecule has 1 aromatic carbocycles. The summed E-state index contributed by atoms with van der Waals surface area (Å²) in [5.74, 6) is -1.16. The molecule has 0 aliphatic carbocycles. The van der Waals surface area contributed by atoms with Gasteiger partial charge < -0.3 is 15.0 Å². The number of nitrogens with zero attached hydrogens (tertiary/aromatic N) is 2. The van der Waals surface area contributed by atoms with E-state index < -0.39 is 17.5 Å². The van der Waals surface area contributed by atoms with E-state index in [1.807, 2.05) is 6.92 Å². The predicted molar refractivity (Wildman–Crippen MR) is 90.0 cm³/mol. The molecule has 1 amide bonds. The standard InChI is InChI=1S/C16H21N3O5/c1-5-18(9-11(2)3)15(20)10-24-16(21)13-8-12(19(22)23)6-7-14(13)17-4/h6-8,17H,2,5,9-10H2,1,3-4H3. The van der Waals surface area contributed by atoms with Crippen molar-refractivity contribution in [2.75, 3.05) is 32.1 Å². The lowest BCUT2D eigenvalue weighted by Gasteiger charge is -2.20. The van der Waals surface area contributed by atoms with E-state index in [4.69, 9.17) is 4.74 Å². The van der Waals surface area contributed by atoms with Gasteiger partial charge in [0.1, 0.15) is 0 Å². The van der Waals surface area contributed by atoms with Crippen LogP contribution in [0, 0.1) is 10.1 Å². The Kier molecular flexibility index (Phi) is 6.91. The second-order valence-electron chi connectivity index (χ2n) is 5.18. The summed E-state index contributed by atoms with van der Waals surface area (Å²) in [7, 11) is 1.58. The van der Waals surface area contributed by atoms with Crippen LogP contribution in [0.5, 0.6) is 0 Å². The van der Waals surface area contributed by atoms with Crippen molar-refractivity contribution in [1.29, 1.82) is 0 Å². The molecule has 0 aromatic heterocycles. The van der Waals surface area contributed by atoms with Crippen LogP contribution in [-0.2, 0) is 9.53 Å². The van der Waals surface area contributed by atoms with Crippen LogP contribution in [0.1, 0.15) is 24.2 Å². The summed E-state index contributed by atoms with van der Waals surface area (Å²) < 4.78 is 5.01. The minimum absolute atomic E-state index is 0.00227. The van der Waals surface area contributed by atoms with Crippen LogP contribution >= 0.6 is 0 Å². The van der Waals surface area contributed by atoms with Gasteiger partial charge in [-0.15, -0.1) is 0 Å². The highest BCUT2D eigenvalue weighted by Gasteiger charge is 2.20. The SMILES string of the molecule is C=C(C)CN(CC)C(=O)COC(=O)c1cc([N+](=O)[O-])ccc1NC. The lowest BCUT2D eigenvalue weighted by Crippen LogP contribution is -2.35. The molecule has 0 radical (unpaired) electrons. The molecule has 0 bridgehead atoms. The van der Waals surface area contributed by atoms with Crippen molar-refractivity contribution in [2.45, 2.75) is 13.8 Å². The van der Waals surface area contributed by atoms with E-state index >= 15 is 0 Å². The third kappa shape index (κ3) is 5.08. The number of likely N-dealkylation sites (N-methyl/N-ethyl adjacent to an activating group) is 1. The molecule has 24 heavy (non-hydrogen) atoms. The van der Waals surface area contributed by atoms with E-state index in [0.717, 1.165) is 11.6 Å². The van der Waals surface area contributed by atoms with Crippen molar-refractivity contribution in [3.8, 4) is 0 Å². The van der Waals surface area contributed by atoms with E-state index in [1.54, 1.807) is 14.0 Å². The third-order valence-corrected chi connectivity index (χ3v) is 3.23. The number of esters is 1. The Hall–Kier alpha value is -2.90. The Balaban J connectivity index is 2.84. The van der Waals surface area contributed by atoms with Crippen LogP contribution in [0.3, 0.4) is 0 Å². The molecule has 0 saturated heterocycles. The number of anilines is 1. The van der Waals surface area contributed by atoms with E-state index in [-0.39, 0.29) is 17.2 Å². The highest BCUT2D eigenvalue weighted by Crippen LogP contribution is 2.22. The number of nitro benzene ring substituents is 1. The highest BCUT2D eigenvalue weighted by molar-refractivity contribution is 5.97. The lowest BCUT2D eigenvalue weighted by molar-refractivity contribution is -0.384. The quantitative estimate of drug-likeness (QED) is 0.338. The zero-order chi connectivity index (χ0) is 18.3. The fourth-order valence-electron chi connectivity index (χ4n) is 2.03. The number of benzene rings is 1. The van der Waals surface area contributed by atoms with Crippen LogP contribution in [0.2, 0.25) is 0 Å². The van der Waals surface area contributed by atoms with Crippen LogP contribution in [-0.4, -0.2) is 48.4 Å². The largest absolute Gasteiger partial charge is 0.452 e. The number of nitro groups is 1. The van der Waals surface area contributed by atoms with Gasteiger partial charge in [0, 0.05) is 38.0 Å². The zero-order valence-corrected chi connectivity index (χ0v) is 14.0. The third-order valence-electron chi connectivity index (χ3n) is 3.23. The molecule has 0 saturated carbocycles. The molecule has 0 spiro atoms. The topological polar surface area (TPSA) is 102 Å². The van der Waals surface area contributed by atoms with Crippen LogP contribution < -0.4 is 5.32 Å². The van der Waals surface area contributed by atoms with Crippen molar-refractivity contribution < 1.29 is 19.2 Å². The van der Waals surface area contributed by atoms with Crippen molar-refractivity contribution in [3.63, 3.8) is 0 Å². The van der Waals surface area contributed by atoms with Gasteiger partial charge in [0.2, 0.25) is 0 Å². The first-order chi connectivity index (χ1) is 11.3. The Labute approximate surface area is 140 Å². The minimum Gasteiger partial charge on any atom is -0.452 e. The summed E-state index contributed by atoms with van der Waals surface area (Å²) in [5.41, 5.74) is 0.965. The molecule has 1 rings (SSSR count). The number of carbonyl (C=O) groups is 2. The number of amides is 1. The van der Waals surface area contributed by atoms with Crippen molar-refractivity contribution in [2.24, 2.45) is 0 Å². The summed E-state index contributed by atoms with van der Waals surface area (Å²) in [5, 5.41) is 13.6. The molecular weight excluding hydrogens is 314 g/mol. The number of ether oxygens (including phenoxy) is 1. The van der Waals surface area contributed by atoms with E-state index in [9.17, 15) is 19.7 Å². The van der Waals surface area contributed by atoms with Gasteiger partial charge in [0.05, 0.1) is 10.5 Å². The summed E-state index contributed by atoms with van der Waals surface area (Å²) in [6.07, 6.45) is 0. The van der Waals surface area contributed by atoms with Crippen LogP contribution in [0.4, 0.5) is 11.4 Å². The molecule has 0 atom stereocenters. The predicted octanol–water partition coefficient (Wildman–Crippen LogP) is 2.22. The number of hydrogen-bond donors (Lipinski definition) is 1. The molecule has 0 heterocycles. The maximum atomic E-state index is 12.2. The maximum Gasteiger partial charge on any atom is 0.341 e. The van der Waals surface area contributed by atoms with Gasteiger partial charge in [-0.2, -0.15) is 0 Å². The molecule has 130 valence electrons. The molecule has 1 N–H and O–H groups in total. The summed E-state index contributed by atoms with van der Waals surface area (Å²) in [6, 6.07) is 3.81. The van der Waals surface area contributed by atoms with Crippen LogP contribution in [0.15, 0.2) is 30.4 Å². The molecule has 0 fully saturated rings. The average molecular weight is 335 g/mol. The average Bonchev–Trinajstić information content (AvgIpc) is 2.56. The van der Waals surface area contributed by atoms with Crippen LogP contribution in [0.25, 0.3) is 0 Å². The normalized spacial score (nSPS) is 9.96. The Morgan fingerprint density at radius 3 is 2.58 bits per heavy atom. The molecular formula is C16H21N3O5. The fourth-order valence-corrected chi connectivity index (χ4v) is 2.03. The Morgan fingerprint density at radius 2 is 2.08 bits per heavy atom. The van der Waals surface area contributed by atoms with Crippen molar-refractivity contribution in [3.05, 3.63) is 46.0 Å². The van der Waals surface area contributed by atoms with Crippen molar-refractivity contribution >= 4 is 23.3 Å². The zero-order valence-electron chi connectivity index (χ0n) is 14.0. The van der Waals surface area contributed by atoms with Gasteiger partial charge in [-0.1, -0.05) is 12.2 Å². The number of nitrogens with one attached hydrogen (secondary N) is 1. The molecule has 0 aliphatic rings. The maximum absolute atomic E-state index is 12.2. The van der Waals surface area contributed by atoms with E-state index in [1.165, 1.54) is 17.0 Å². The van der Waals surface area contributed by atoms with Crippen molar-refractivity contribution in [1.82, 2.24) is 4.90 Å². The fraction of sp³-hybridized carbons (Fsp3) is 0.375. The van der Waals surface area contributed by atoms with E-state index in [0.29, 0.717) is 18.8 Å². The number of carbonyl (C=O) groups excluding carboxylic acids is 2. The minimum atomic E-state index is -0.803. The molecule has 0 unspecified atom stereocenters. The smallest absolute Gasteiger partial charge is 0.341 e. The lowest BCUT2D eigenvalue weighted by atomic mass is 10.1. The molecule has 1 aromatic rings. The first-order valence-electron chi connectivity index (χ1n) is 7.35. The Bertz CT molecular complexity index is 657. The van der Waals surface area contributed by atoms with Gasteiger partial charge >= 0.3 is 5.97 Å². The summed E-state index contributed by atoms with van der Waals surface area (Å²) >= 11 is 0. The Morgan fingerprint density at radius 1 is 1.42 bits per heavy atom. The molecule has 8 heteroatoms. The number of non-ortho nitro benzene ring substituents is 1. The van der Waals surface area contributed by atoms with Gasteiger partial charge in [-0.3, -0.25) is 14.9 Å². The monoisotopic (exact) mass is 335 g/mol. The first kappa shape index (κ1) is 19.1. The second-order valence-corrected chi connectivity index (χ2v) is 5.18. The second kappa shape index (κ2) is 8.66.